The Hall–Kier alpha value is -1.84. The molecule has 108 valence electrons. The molecule has 1 aromatic carbocycles. The van der Waals surface area contributed by atoms with Gasteiger partial charge in [-0.05, 0) is 30.7 Å². The van der Waals surface area contributed by atoms with Crippen LogP contribution in [-0.4, -0.2) is 24.8 Å². The Kier molecular flexibility index (Phi) is 4.12. The van der Waals surface area contributed by atoms with Crippen LogP contribution in [0, 0.1) is 5.41 Å². The Labute approximate surface area is 119 Å². The largest absolute Gasteiger partial charge is 0.486 e. The SMILES string of the molecule is CC(C)(C)C(=O)COc1ccc(N2CCCC2=O)cc1. The first kappa shape index (κ1) is 14.6. The Bertz CT molecular complexity index is 499. The van der Waals surface area contributed by atoms with Gasteiger partial charge in [0, 0.05) is 24.1 Å². The number of amides is 1. The van der Waals surface area contributed by atoms with Gasteiger partial charge in [0.1, 0.15) is 12.4 Å². The smallest absolute Gasteiger partial charge is 0.227 e. The van der Waals surface area contributed by atoms with Crippen LogP contribution < -0.4 is 9.64 Å². The monoisotopic (exact) mass is 275 g/mol. The molecule has 2 rings (SSSR count). The average molecular weight is 275 g/mol. The Morgan fingerprint density at radius 3 is 2.40 bits per heavy atom. The lowest BCUT2D eigenvalue weighted by Gasteiger charge is -2.18. The molecule has 1 aromatic rings. The first-order chi connectivity index (χ1) is 9.38. The fourth-order valence-electron chi connectivity index (χ4n) is 2.01. The number of Topliss-reactive ketones (excluding diaryl/α,β-unsaturated/α-hetero) is 1. The van der Waals surface area contributed by atoms with E-state index in [0.29, 0.717) is 12.2 Å². The summed E-state index contributed by atoms with van der Waals surface area (Å²) in [6, 6.07) is 7.33. The summed E-state index contributed by atoms with van der Waals surface area (Å²) >= 11 is 0. The van der Waals surface area contributed by atoms with E-state index in [1.54, 1.807) is 17.0 Å². The van der Waals surface area contributed by atoms with E-state index in [4.69, 9.17) is 4.74 Å². The summed E-state index contributed by atoms with van der Waals surface area (Å²) in [4.78, 5) is 25.2. The molecule has 0 bridgehead atoms. The predicted octanol–water partition coefficient (Wildman–Crippen LogP) is 2.81. The molecule has 4 heteroatoms. The number of rotatable bonds is 4. The van der Waals surface area contributed by atoms with Gasteiger partial charge in [0.25, 0.3) is 0 Å². The molecule has 0 N–H and O–H groups in total. The summed E-state index contributed by atoms with van der Waals surface area (Å²) in [6.45, 7) is 6.48. The Morgan fingerprint density at radius 2 is 1.90 bits per heavy atom. The number of carbonyl (C=O) groups is 2. The predicted molar refractivity (Wildman–Crippen MR) is 78.0 cm³/mol. The van der Waals surface area contributed by atoms with Crippen molar-refractivity contribution in [2.45, 2.75) is 33.6 Å². The van der Waals surface area contributed by atoms with Gasteiger partial charge in [-0.2, -0.15) is 0 Å². The molecule has 1 heterocycles. The number of nitrogens with zero attached hydrogens (tertiary/aromatic N) is 1. The van der Waals surface area contributed by atoms with Crippen LogP contribution >= 0.6 is 0 Å². The van der Waals surface area contributed by atoms with Crippen molar-refractivity contribution in [3.8, 4) is 5.75 Å². The van der Waals surface area contributed by atoms with Gasteiger partial charge < -0.3 is 9.64 Å². The average Bonchev–Trinajstić information content (AvgIpc) is 2.82. The van der Waals surface area contributed by atoms with Gasteiger partial charge >= 0.3 is 0 Å². The van der Waals surface area contributed by atoms with Crippen LogP contribution in [0.5, 0.6) is 5.75 Å². The topological polar surface area (TPSA) is 46.6 Å². The van der Waals surface area contributed by atoms with Crippen LogP contribution in [0.2, 0.25) is 0 Å². The van der Waals surface area contributed by atoms with E-state index in [-0.39, 0.29) is 23.7 Å². The highest BCUT2D eigenvalue weighted by Gasteiger charge is 2.22. The highest BCUT2D eigenvalue weighted by molar-refractivity contribution is 5.95. The lowest BCUT2D eigenvalue weighted by atomic mass is 9.91. The molecule has 1 saturated heterocycles. The lowest BCUT2D eigenvalue weighted by molar-refractivity contribution is -0.128. The van der Waals surface area contributed by atoms with Crippen LogP contribution in [0.3, 0.4) is 0 Å². The van der Waals surface area contributed by atoms with E-state index < -0.39 is 0 Å². The second-order valence-corrected chi connectivity index (χ2v) is 6.10. The maximum absolute atomic E-state index is 11.8. The molecule has 0 unspecified atom stereocenters. The summed E-state index contributed by atoms with van der Waals surface area (Å²) < 4.78 is 5.49. The molecule has 0 spiro atoms. The first-order valence-corrected chi connectivity index (χ1v) is 6.94. The number of ketones is 1. The molecular weight excluding hydrogens is 254 g/mol. The van der Waals surface area contributed by atoms with Crippen LogP contribution in [0.1, 0.15) is 33.6 Å². The van der Waals surface area contributed by atoms with Gasteiger partial charge in [-0.3, -0.25) is 9.59 Å². The normalized spacial score (nSPS) is 15.6. The molecule has 0 radical (unpaired) electrons. The van der Waals surface area contributed by atoms with Crippen molar-refractivity contribution in [1.82, 2.24) is 0 Å². The highest BCUT2D eigenvalue weighted by atomic mass is 16.5. The summed E-state index contributed by atoms with van der Waals surface area (Å²) in [5.74, 6) is 0.885. The highest BCUT2D eigenvalue weighted by Crippen LogP contribution is 2.24. The van der Waals surface area contributed by atoms with Crippen molar-refractivity contribution < 1.29 is 14.3 Å². The molecular formula is C16H21NO3. The zero-order valence-electron chi connectivity index (χ0n) is 12.3. The van der Waals surface area contributed by atoms with E-state index in [0.717, 1.165) is 18.7 Å². The molecule has 1 aliphatic rings. The minimum absolute atomic E-state index is 0.0660. The van der Waals surface area contributed by atoms with Crippen LogP contribution in [0.4, 0.5) is 5.69 Å². The minimum Gasteiger partial charge on any atom is -0.486 e. The molecule has 1 amide bonds. The Morgan fingerprint density at radius 1 is 1.25 bits per heavy atom. The lowest BCUT2D eigenvalue weighted by Crippen LogP contribution is -2.26. The van der Waals surface area contributed by atoms with E-state index in [1.165, 1.54) is 0 Å². The van der Waals surface area contributed by atoms with E-state index >= 15 is 0 Å². The number of hydrogen-bond donors (Lipinski definition) is 0. The quantitative estimate of drug-likeness (QED) is 0.849. The molecule has 4 nitrogen and oxygen atoms in total. The first-order valence-electron chi connectivity index (χ1n) is 6.94. The second-order valence-electron chi connectivity index (χ2n) is 6.10. The van der Waals surface area contributed by atoms with Crippen molar-refractivity contribution in [2.75, 3.05) is 18.1 Å². The van der Waals surface area contributed by atoms with Gasteiger partial charge in [0.2, 0.25) is 5.91 Å². The summed E-state index contributed by atoms with van der Waals surface area (Å²) in [5.41, 5.74) is 0.504. The van der Waals surface area contributed by atoms with Crippen LogP contribution in [0.15, 0.2) is 24.3 Å². The molecule has 0 aromatic heterocycles. The van der Waals surface area contributed by atoms with Crippen molar-refractivity contribution in [3.05, 3.63) is 24.3 Å². The number of hydrogen-bond acceptors (Lipinski definition) is 3. The Balaban J connectivity index is 1.95. The fourth-order valence-corrected chi connectivity index (χ4v) is 2.01. The second kappa shape index (κ2) is 5.65. The molecule has 1 aliphatic heterocycles. The zero-order valence-corrected chi connectivity index (χ0v) is 12.3. The standard InChI is InChI=1S/C16H21NO3/c1-16(2,3)14(18)11-20-13-8-6-12(7-9-13)17-10-4-5-15(17)19/h6-9H,4-5,10-11H2,1-3H3. The van der Waals surface area contributed by atoms with Gasteiger partial charge in [-0.1, -0.05) is 20.8 Å². The van der Waals surface area contributed by atoms with Crippen molar-refractivity contribution in [2.24, 2.45) is 5.41 Å². The molecule has 0 saturated carbocycles. The van der Waals surface area contributed by atoms with Gasteiger partial charge in [0.05, 0.1) is 0 Å². The summed E-state index contributed by atoms with van der Waals surface area (Å²) in [6.07, 6.45) is 1.54. The maximum Gasteiger partial charge on any atom is 0.227 e. The van der Waals surface area contributed by atoms with E-state index in [9.17, 15) is 9.59 Å². The zero-order chi connectivity index (χ0) is 14.8. The number of ether oxygens (including phenoxy) is 1. The van der Waals surface area contributed by atoms with E-state index in [2.05, 4.69) is 0 Å². The molecule has 1 fully saturated rings. The molecule has 0 atom stereocenters. The third kappa shape index (κ3) is 3.38. The van der Waals surface area contributed by atoms with Gasteiger partial charge in [-0.25, -0.2) is 0 Å². The summed E-state index contributed by atoms with van der Waals surface area (Å²) in [5, 5.41) is 0. The third-order valence-corrected chi connectivity index (χ3v) is 3.43. The van der Waals surface area contributed by atoms with Crippen molar-refractivity contribution in [3.63, 3.8) is 0 Å². The van der Waals surface area contributed by atoms with Gasteiger partial charge in [-0.15, -0.1) is 0 Å². The summed E-state index contributed by atoms with van der Waals surface area (Å²) in [7, 11) is 0. The molecule has 0 aliphatic carbocycles. The number of anilines is 1. The number of benzene rings is 1. The third-order valence-electron chi connectivity index (χ3n) is 3.43. The minimum atomic E-state index is -0.387. The van der Waals surface area contributed by atoms with Crippen molar-refractivity contribution in [1.29, 1.82) is 0 Å². The van der Waals surface area contributed by atoms with Crippen molar-refractivity contribution >= 4 is 17.4 Å². The maximum atomic E-state index is 11.8. The number of carbonyl (C=O) groups excluding carboxylic acids is 2. The van der Waals surface area contributed by atoms with Crippen LogP contribution in [-0.2, 0) is 9.59 Å². The van der Waals surface area contributed by atoms with E-state index in [1.807, 2.05) is 32.9 Å². The van der Waals surface area contributed by atoms with Crippen LogP contribution in [0.25, 0.3) is 0 Å². The molecule has 20 heavy (non-hydrogen) atoms. The van der Waals surface area contributed by atoms with Gasteiger partial charge in [0.15, 0.2) is 5.78 Å². The fraction of sp³-hybridized carbons (Fsp3) is 0.500.